The van der Waals surface area contributed by atoms with Crippen LogP contribution in [0.5, 0.6) is 0 Å². The van der Waals surface area contributed by atoms with Gasteiger partial charge < -0.3 is 14.9 Å². The van der Waals surface area contributed by atoms with Crippen LogP contribution in [0.15, 0.2) is 65.6 Å². The second-order valence-electron chi connectivity index (χ2n) is 10.4. The lowest BCUT2D eigenvalue weighted by Gasteiger charge is -2.48. The Morgan fingerprint density at radius 1 is 0.892 bits per heavy atom. The van der Waals surface area contributed by atoms with Crippen molar-refractivity contribution in [3.05, 3.63) is 71.8 Å². The lowest BCUT2D eigenvalue weighted by atomic mass is 9.85. The highest BCUT2D eigenvalue weighted by atomic mass is 32.2. The van der Waals surface area contributed by atoms with E-state index in [-0.39, 0.29) is 22.5 Å². The van der Waals surface area contributed by atoms with E-state index in [0.717, 1.165) is 53.7 Å². The van der Waals surface area contributed by atoms with Crippen LogP contribution in [0.1, 0.15) is 48.0 Å². The Kier molecular flexibility index (Phi) is 5.76. The molecule has 2 aliphatic heterocycles. The number of para-hydroxylation sites is 1. The molecule has 3 aliphatic rings. The predicted octanol–water partition coefficient (Wildman–Crippen LogP) is 5.68. The summed E-state index contributed by atoms with van der Waals surface area (Å²) in [7, 11) is -0.0851. The molecule has 6 rings (SSSR count). The third-order valence-corrected chi connectivity index (χ3v) is 10.1. The minimum atomic E-state index is -3.78. The topological polar surface area (TPSA) is 81.2 Å². The van der Waals surface area contributed by atoms with Crippen LogP contribution < -0.4 is 9.80 Å². The van der Waals surface area contributed by atoms with Gasteiger partial charge in [-0.1, -0.05) is 43.5 Å². The molecule has 37 heavy (non-hydrogen) atoms. The maximum Gasteiger partial charge on any atom is 0.335 e. The minimum Gasteiger partial charge on any atom is -0.478 e. The summed E-state index contributed by atoms with van der Waals surface area (Å²) in [4.78, 5) is 16.3. The van der Waals surface area contributed by atoms with Gasteiger partial charge in [-0.3, -0.25) is 0 Å². The van der Waals surface area contributed by atoms with Crippen LogP contribution in [-0.2, 0) is 16.6 Å². The molecule has 2 heterocycles. The van der Waals surface area contributed by atoms with E-state index in [1.165, 1.54) is 6.42 Å². The Bertz CT molecular complexity index is 1480. The van der Waals surface area contributed by atoms with E-state index < -0.39 is 16.0 Å². The van der Waals surface area contributed by atoms with Gasteiger partial charge >= 0.3 is 5.97 Å². The number of rotatable bonds is 3. The molecule has 0 spiro atoms. The fourth-order valence-corrected chi connectivity index (χ4v) is 7.89. The number of sulfonamides is 1. The first-order valence-electron chi connectivity index (χ1n) is 12.9. The van der Waals surface area contributed by atoms with Crippen molar-refractivity contribution in [3.63, 3.8) is 0 Å². The van der Waals surface area contributed by atoms with E-state index in [0.29, 0.717) is 12.2 Å². The van der Waals surface area contributed by atoms with Gasteiger partial charge in [0.05, 0.1) is 11.3 Å². The molecule has 8 heteroatoms. The van der Waals surface area contributed by atoms with E-state index in [2.05, 4.69) is 9.80 Å². The van der Waals surface area contributed by atoms with Crippen molar-refractivity contribution in [2.24, 2.45) is 5.92 Å². The zero-order valence-electron chi connectivity index (χ0n) is 21.1. The molecule has 0 bridgehead atoms. The van der Waals surface area contributed by atoms with E-state index in [4.69, 9.17) is 0 Å². The second-order valence-corrected chi connectivity index (χ2v) is 12.4. The number of carbonyl (C=O) groups is 1. The summed E-state index contributed by atoms with van der Waals surface area (Å²) in [6.45, 7) is 0.616. The number of benzene rings is 3. The summed E-state index contributed by atoms with van der Waals surface area (Å²) in [6, 6.07) is 18.9. The van der Waals surface area contributed by atoms with Crippen LogP contribution >= 0.6 is 0 Å². The first kappa shape index (κ1) is 24.0. The fraction of sp³-hybridized carbons (Fsp3) is 0.345. The van der Waals surface area contributed by atoms with Gasteiger partial charge in [0.15, 0.2) is 0 Å². The number of hydrogen-bond donors (Lipinski definition) is 1. The number of nitrogens with zero attached hydrogens (tertiary/aromatic N) is 3. The largest absolute Gasteiger partial charge is 0.478 e. The highest BCUT2D eigenvalue weighted by Crippen LogP contribution is 2.50. The number of carboxylic acid groups (broad SMARTS) is 1. The molecule has 192 valence electrons. The zero-order chi connectivity index (χ0) is 25.9. The van der Waals surface area contributed by atoms with Gasteiger partial charge in [-0.2, -0.15) is 4.31 Å². The molecule has 0 radical (unpaired) electrons. The molecule has 0 amide bonds. The van der Waals surface area contributed by atoms with Gasteiger partial charge in [-0.05, 0) is 66.3 Å². The fourth-order valence-electron chi connectivity index (χ4n) is 6.35. The Labute approximate surface area is 218 Å². The summed E-state index contributed by atoms with van der Waals surface area (Å²) in [5.74, 6) is -0.770. The molecule has 0 aromatic heterocycles. The standard InChI is InChI=1S/C29H31N3O4S/c1-30-18-21-14-13-20(29(33)34)15-23(21)24-16-27-26(17-25(24)30)32(22-11-7-4-8-12-22)28(31(2)37(27,35)36)19-9-5-3-6-10-19/h4,7-8,11-17,19,28H,3,5-6,9-10,18H2,1-2H3,(H,33,34)/t28-/m0/s1. The van der Waals surface area contributed by atoms with Crippen molar-refractivity contribution >= 4 is 33.1 Å². The van der Waals surface area contributed by atoms with E-state index >= 15 is 0 Å². The number of fused-ring (bicyclic) bond motifs is 4. The Morgan fingerprint density at radius 3 is 2.32 bits per heavy atom. The lowest BCUT2D eigenvalue weighted by molar-refractivity contribution is 0.0697. The molecule has 7 nitrogen and oxygen atoms in total. The molecule has 1 fully saturated rings. The Morgan fingerprint density at radius 2 is 1.62 bits per heavy atom. The van der Waals surface area contributed by atoms with Crippen LogP contribution in [0, 0.1) is 5.92 Å². The summed E-state index contributed by atoms with van der Waals surface area (Å²) >= 11 is 0. The third-order valence-electron chi connectivity index (χ3n) is 8.20. The number of hydrogen-bond acceptors (Lipinski definition) is 5. The molecule has 1 saturated carbocycles. The van der Waals surface area contributed by atoms with Gasteiger partial charge in [-0.15, -0.1) is 0 Å². The zero-order valence-corrected chi connectivity index (χ0v) is 21.9. The Hall–Kier alpha value is -3.36. The van der Waals surface area contributed by atoms with E-state index in [9.17, 15) is 18.3 Å². The molecule has 1 aliphatic carbocycles. The van der Waals surface area contributed by atoms with Crippen molar-refractivity contribution in [2.75, 3.05) is 23.9 Å². The van der Waals surface area contributed by atoms with Gasteiger partial charge in [0, 0.05) is 37.6 Å². The molecule has 0 unspecified atom stereocenters. The molecule has 1 atom stereocenters. The number of aromatic carboxylic acids is 1. The van der Waals surface area contributed by atoms with Crippen molar-refractivity contribution in [3.8, 4) is 11.1 Å². The summed E-state index contributed by atoms with van der Waals surface area (Å²) < 4.78 is 29.7. The molecule has 3 aromatic carbocycles. The van der Waals surface area contributed by atoms with Crippen molar-refractivity contribution in [1.82, 2.24) is 4.31 Å². The van der Waals surface area contributed by atoms with Gasteiger partial charge in [-0.25, -0.2) is 13.2 Å². The van der Waals surface area contributed by atoms with Crippen LogP contribution in [0.4, 0.5) is 17.1 Å². The quantitative estimate of drug-likeness (QED) is 0.481. The molecular weight excluding hydrogens is 486 g/mol. The molecule has 3 aromatic rings. The molecule has 0 saturated heterocycles. The number of carboxylic acids is 1. The SMILES string of the molecule is CN1Cc2ccc(C(=O)O)cc2-c2cc3c(cc21)N(c1ccccc1)[C@@H](C1CCCCC1)N(C)S3(=O)=O. The van der Waals surface area contributed by atoms with Crippen molar-refractivity contribution < 1.29 is 18.3 Å². The van der Waals surface area contributed by atoms with Gasteiger partial charge in [0.1, 0.15) is 11.1 Å². The average molecular weight is 518 g/mol. The predicted molar refractivity (Wildman–Crippen MR) is 145 cm³/mol. The summed E-state index contributed by atoms with van der Waals surface area (Å²) in [5.41, 5.74) is 5.23. The van der Waals surface area contributed by atoms with Crippen molar-refractivity contribution in [2.45, 2.75) is 49.7 Å². The smallest absolute Gasteiger partial charge is 0.335 e. The normalized spacial score (nSPS) is 21.2. The van der Waals surface area contributed by atoms with Crippen molar-refractivity contribution in [1.29, 1.82) is 0 Å². The van der Waals surface area contributed by atoms with Gasteiger partial charge in [0.25, 0.3) is 0 Å². The summed E-state index contributed by atoms with van der Waals surface area (Å²) in [6.07, 6.45) is 5.11. The Balaban J connectivity index is 1.61. The first-order valence-corrected chi connectivity index (χ1v) is 14.3. The third kappa shape index (κ3) is 3.81. The maximum absolute atomic E-state index is 14.1. The van der Waals surface area contributed by atoms with Crippen LogP contribution in [0.3, 0.4) is 0 Å². The molecular formula is C29H31N3O4S. The summed E-state index contributed by atoms with van der Waals surface area (Å²) in [5, 5.41) is 9.59. The van der Waals surface area contributed by atoms with Crippen LogP contribution in [-0.4, -0.2) is 44.1 Å². The van der Waals surface area contributed by atoms with Gasteiger partial charge in [0.2, 0.25) is 10.0 Å². The average Bonchev–Trinajstić information content (AvgIpc) is 2.91. The maximum atomic E-state index is 14.1. The van der Waals surface area contributed by atoms with Crippen LogP contribution in [0.25, 0.3) is 11.1 Å². The number of anilines is 3. The second kappa shape index (κ2) is 8.89. The van der Waals surface area contributed by atoms with E-state index in [1.54, 1.807) is 29.6 Å². The monoisotopic (exact) mass is 517 g/mol. The minimum absolute atomic E-state index is 0.190. The van der Waals surface area contributed by atoms with E-state index in [1.807, 2.05) is 49.5 Å². The highest BCUT2D eigenvalue weighted by molar-refractivity contribution is 7.89. The molecule has 1 N–H and O–H groups in total. The van der Waals surface area contributed by atoms with Crippen LogP contribution in [0.2, 0.25) is 0 Å². The first-order chi connectivity index (χ1) is 17.8. The lowest BCUT2D eigenvalue weighted by Crippen LogP contribution is -2.55. The highest BCUT2D eigenvalue weighted by Gasteiger charge is 2.46.